The smallest absolute Gasteiger partial charge is 0.286 e. The van der Waals surface area contributed by atoms with Gasteiger partial charge in [0.05, 0.1) is 10.6 Å². The molecule has 4 rings (SSSR count). The number of unbranched alkanes of at least 4 members (excludes halogenated alkanes) is 2. The number of amides is 2. The molecule has 7 nitrogen and oxygen atoms in total. The average Bonchev–Trinajstić information content (AvgIpc) is 3.52. The second-order valence-corrected chi connectivity index (χ2v) is 16.3. The summed E-state index contributed by atoms with van der Waals surface area (Å²) in [6, 6.07) is 6.84. The molecule has 0 saturated heterocycles. The lowest BCUT2D eigenvalue weighted by Gasteiger charge is -2.31. The maximum Gasteiger partial charge on any atom is 0.286 e. The monoisotopic (exact) mass is 713 g/mol. The molecule has 0 spiro atoms. The van der Waals surface area contributed by atoms with Crippen LogP contribution in [0, 0.1) is 37.0 Å². The summed E-state index contributed by atoms with van der Waals surface area (Å²) < 4.78 is 0. The number of nitrogens with zero attached hydrogens (tertiary/aromatic N) is 5. The SMILES string of the molecule is CCCCC(CC)CN(CC(CC)CCCC)c1nc(-c2c(C)cc(C3CCCCC3)cc2C)c(/C=C2\C(=O)N(N(C)C)C(=O)C(C#N)=C2C)s1. The third kappa shape index (κ3) is 9.59. The fraction of sp³-hybridized carbons (Fsp3) is 0.628. The first-order valence-electron chi connectivity index (χ1n) is 19.8. The summed E-state index contributed by atoms with van der Waals surface area (Å²) in [5, 5.41) is 13.5. The van der Waals surface area contributed by atoms with Crippen molar-refractivity contribution in [2.75, 3.05) is 32.1 Å². The van der Waals surface area contributed by atoms with Crippen molar-refractivity contribution in [2.24, 2.45) is 11.8 Å². The van der Waals surface area contributed by atoms with Crippen LogP contribution in [0.5, 0.6) is 0 Å². The van der Waals surface area contributed by atoms with E-state index in [9.17, 15) is 14.9 Å². The molecule has 2 aromatic rings. The van der Waals surface area contributed by atoms with E-state index in [4.69, 9.17) is 4.98 Å². The molecule has 1 fully saturated rings. The first kappa shape index (κ1) is 40.5. The Kier molecular flexibility index (Phi) is 15.1. The molecule has 2 unspecified atom stereocenters. The second-order valence-electron chi connectivity index (χ2n) is 15.3. The number of anilines is 1. The van der Waals surface area contributed by atoms with E-state index in [0.717, 1.165) is 52.2 Å². The Hall–Kier alpha value is -3.28. The van der Waals surface area contributed by atoms with Gasteiger partial charge in [-0.25, -0.2) is 15.0 Å². The molecular weight excluding hydrogens is 651 g/mol. The molecule has 0 radical (unpaired) electrons. The number of aryl methyl sites for hydroxylation is 2. The molecule has 2 atom stereocenters. The van der Waals surface area contributed by atoms with E-state index < -0.39 is 11.8 Å². The molecule has 1 aliphatic heterocycles. The number of carbonyl (C=O) groups excluding carboxylic acids is 2. The molecule has 1 aromatic heterocycles. The molecule has 2 amide bonds. The molecule has 8 heteroatoms. The fourth-order valence-electron chi connectivity index (χ4n) is 8.03. The Morgan fingerprint density at radius 1 is 0.922 bits per heavy atom. The van der Waals surface area contributed by atoms with Crippen LogP contribution in [0.3, 0.4) is 0 Å². The van der Waals surface area contributed by atoms with E-state index in [1.165, 1.54) is 92.3 Å². The molecule has 1 aliphatic carbocycles. The number of carbonyl (C=O) groups is 2. The minimum atomic E-state index is -0.584. The molecule has 51 heavy (non-hydrogen) atoms. The Bertz CT molecular complexity index is 1580. The van der Waals surface area contributed by atoms with Crippen molar-refractivity contribution in [3.63, 3.8) is 0 Å². The van der Waals surface area contributed by atoms with Crippen molar-refractivity contribution in [1.29, 1.82) is 5.26 Å². The van der Waals surface area contributed by atoms with Crippen LogP contribution in [-0.2, 0) is 9.59 Å². The highest BCUT2D eigenvalue weighted by Crippen LogP contribution is 2.42. The van der Waals surface area contributed by atoms with Gasteiger partial charge in [-0.3, -0.25) is 9.59 Å². The van der Waals surface area contributed by atoms with Gasteiger partial charge in [0, 0.05) is 38.3 Å². The summed E-state index contributed by atoms with van der Waals surface area (Å²) in [4.78, 5) is 36.2. The van der Waals surface area contributed by atoms with Gasteiger partial charge in [-0.2, -0.15) is 5.26 Å². The topological polar surface area (TPSA) is 80.5 Å². The summed E-state index contributed by atoms with van der Waals surface area (Å²) in [5.41, 5.74) is 6.60. The number of hydrazine groups is 1. The van der Waals surface area contributed by atoms with Crippen LogP contribution >= 0.6 is 11.3 Å². The van der Waals surface area contributed by atoms with Crippen LogP contribution in [0.15, 0.2) is 28.9 Å². The minimum Gasteiger partial charge on any atom is -0.348 e. The zero-order valence-corrected chi connectivity index (χ0v) is 33.8. The third-order valence-electron chi connectivity index (χ3n) is 11.2. The van der Waals surface area contributed by atoms with Crippen molar-refractivity contribution in [3.8, 4) is 17.3 Å². The van der Waals surface area contributed by atoms with E-state index in [2.05, 4.69) is 64.6 Å². The van der Waals surface area contributed by atoms with Crippen molar-refractivity contribution < 1.29 is 9.59 Å². The first-order valence-corrected chi connectivity index (χ1v) is 20.6. The van der Waals surface area contributed by atoms with Gasteiger partial charge in [-0.05, 0) is 92.5 Å². The number of benzene rings is 1. The average molecular weight is 714 g/mol. The summed E-state index contributed by atoms with van der Waals surface area (Å²) in [6.07, 6.45) is 17.8. The van der Waals surface area contributed by atoms with Crippen LogP contribution in [-0.4, -0.2) is 54.0 Å². The standard InChI is InChI=1S/C43H63N5O2S/c1-10-14-19-32(12-3)27-47(28-33(13-4)20-15-11-2)43-45-40(39-29(5)23-35(24-30(39)6)34-21-17-16-18-22-34)38(51-43)25-36-31(7)37(26-44)42(50)48(41(36)49)46(8)9/h23-25,32-34H,10-22,27-28H2,1-9H3/b36-25-. The Morgan fingerprint density at radius 3 is 1.98 bits per heavy atom. The molecular formula is C43H63N5O2S. The molecule has 0 bridgehead atoms. The number of thiazole rings is 1. The van der Waals surface area contributed by atoms with Gasteiger partial charge in [0.15, 0.2) is 5.13 Å². The number of aromatic nitrogens is 1. The van der Waals surface area contributed by atoms with Crippen LogP contribution in [0.2, 0.25) is 0 Å². The van der Waals surface area contributed by atoms with Gasteiger partial charge < -0.3 is 4.90 Å². The molecule has 0 N–H and O–H groups in total. The van der Waals surface area contributed by atoms with E-state index in [-0.39, 0.29) is 5.57 Å². The highest BCUT2D eigenvalue weighted by molar-refractivity contribution is 7.17. The predicted molar refractivity (Wildman–Crippen MR) is 214 cm³/mol. The quantitative estimate of drug-likeness (QED) is 0.120. The lowest BCUT2D eigenvalue weighted by atomic mass is 9.82. The Morgan fingerprint density at radius 2 is 1.49 bits per heavy atom. The number of hydrogen-bond donors (Lipinski definition) is 0. The lowest BCUT2D eigenvalue weighted by molar-refractivity contribution is -0.155. The van der Waals surface area contributed by atoms with E-state index >= 15 is 0 Å². The van der Waals surface area contributed by atoms with Gasteiger partial charge in [0.25, 0.3) is 11.8 Å². The van der Waals surface area contributed by atoms with Crippen molar-refractivity contribution in [2.45, 2.75) is 138 Å². The number of nitriles is 1. The molecule has 1 aromatic carbocycles. The first-order chi connectivity index (χ1) is 24.5. The largest absolute Gasteiger partial charge is 0.348 e. The second kappa shape index (κ2) is 19.0. The predicted octanol–water partition coefficient (Wildman–Crippen LogP) is 10.8. The summed E-state index contributed by atoms with van der Waals surface area (Å²) >= 11 is 1.65. The van der Waals surface area contributed by atoms with Crippen LogP contribution < -0.4 is 4.90 Å². The summed E-state index contributed by atoms with van der Waals surface area (Å²) in [6.45, 7) is 17.2. The van der Waals surface area contributed by atoms with E-state index in [1.54, 1.807) is 32.4 Å². The highest BCUT2D eigenvalue weighted by Gasteiger charge is 2.37. The normalized spacial score (nSPS) is 17.8. The Labute approximate surface area is 312 Å². The molecule has 2 aliphatic rings. The number of imide groups is 1. The fourth-order valence-corrected chi connectivity index (χ4v) is 9.06. The van der Waals surface area contributed by atoms with E-state index in [0.29, 0.717) is 28.9 Å². The molecule has 2 heterocycles. The Balaban J connectivity index is 1.94. The van der Waals surface area contributed by atoms with Crippen LogP contribution in [0.1, 0.15) is 146 Å². The van der Waals surface area contributed by atoms with Gasteiger partial charge in [-0.1, -0.05) is 109 Å². The van der Waals surface area contributed by atoms with Gasteiger partial charge >= 0.3 is 0 Å². The van der Waals surface area contributed by atoms with E-state index in [1.807, 2.05) is 6.08 Å². The lowest BCUT2D eigenvalue weighted by Crippen LogP contribution is -2.50. The number of hydrogen-bond acceptors (Lipinski definition) is 7. The maximum absolute atomic E-state index is 14.0. The van der Waals surface area contributed by atoms with Crippen molar-refractivity contribution >= 4 is 34.4 Å². The summed E-state index contributed by atoms with van der Waals surface area (Å²) in [7, 11) is 3.31. The van der Waals surface area contributed by atoms with Gasteiger partial charge in [0.2, 0.25) is 0 Å². The third-order valence-corrected chi connectivity index (χ3v) is 12.3. The molecule has 278 valence electrons. The number of rotatable bonds is 17. The van der Waals surface area contributed by atoms with Crippen molar-refractivity contribution in [3.05, 3.63) is 50.4 Å². The molecule has 1 saturated carbocycles. The maximum atomic E-state index is 14.0. The summed E-state index contributed by atoms with van der Waals surface area (Å²) in [5.74, 6) is 0.742. The highest BCUT2D eigenvalue weighted by atomic mass is 32.1. The van der Waals surface area contributed by atoms with Crippen LogP contribution in [0.25, 0.3) is 17.3 Å². The van der Waals surface area contributed by atoms with Gasteiger partial charge in [-0.15, -0.1) is 0 Å². The van der Waals surface area contributed by atoms with Crippen molar-refractivity contribution in [1.82, 2.24) is 15.0 Å². The van der Waals surface area contributed by atoms with Gasteiger partial charge in [0.1, 0.15) is 11.6 Å². The minimum absolute atomic E-state index is 0.00455. The zero-order valence-electron chi connectivity index (χ0n) is 33.0. The van der Waals surface area contributed by atoms with Crippen LogP contribution in [0.4, 0.5) is 5.13 Å². The zero-order chi connectivity index (χ0) is 37.2.